The molecule has 1 aromatic carbocycles. The van der Waals surface area contributed by atoms with Crippen LogP contribution in [0.1, 0.15) is 82.4 Å². The van der Waals surface area contributed by atoms with Crippen molar-refractivity contribution in [2.45, 2.75) is 98.2 Å². The van der Waals surface area contributed by atoms with Crippen molar-refractivity contribution in [1.29, 1.82) is 0 Å². The maximum absolute atomic E-state index is 13.8. The highest BCUT2D eigenvalue weighted by Crippen LogP contribution is 2.38. The minimum absolute atomic E-state index is 0.0698. The molecule has 0 radical (unpaired) electrons. The first-order valence-corrected chi connectivity index (χ1v) is 13.7. The number of rotatable bonds is 4. The average Bonchev–Trinajstić information content (AvgIpc) is 2.80. The van der Waals surface area contributed by atoms with Crippen LogP contribution in [0.2, 0.25) is 0 Å². The monoisotopic (exact) mass is 485 g/mol. The molecule has 2 aliphatic rings. The van der Waals surface area contributed by atoms with Crippen molar-refractivity contribution in [3.63, 3.8) is 0 Å². The SMILES string of the molecule is Cc1ccc(CN2CCC3(CCCCCOC[C@@H](C)NC(=O)[C@H](CC(C)C)NC3=O)CC2)cc1C. The van der Waals surface area contributed by atoms with Gasteiger partial charge >= 0.3 is 0 Å². The summed E-state index contributed by atoms with van der Waals surface area (Å²) in [4.78, 5) is 29.3. The number of likely N-dealkylation sites (tertiary alicyclic amines) is 1. The molecule has 2 saturated heterocycles. The van der Waals surface area contributed by atoms with E-state index in [0.29, 0.717) is 25.6 Å². The molecule has 35 heavy (non-hydrogen) atoms. The Labute approximate surface area is 212 Å². The molecule has 2 heterocycles. The molecule has 1 aromatic rings. The predicted molar refractivity (Wildman–Crippen MR) is 141 cm³/mol. The fourth-order valence-electron chi connectivity index (χ4n) is 5.39. The van der Waals surface area contributed by atoms with E-state index in [1.807, 2.05) is 6.92 Å². The number of amides is 2. The van der Waals surface area contributed by atoms with Gasteiger partial charge in [0.15, 0.2) is 0 Å². The van der Waals surface area contributed by atoms with Crippen molar-refractivity contribution in [3.8, 4) is 0 Å². The molecule has 0 aromatic heterocycles. The number of ether oxygens (including phenoxy) is 1. The van der Waals surface area contributed by atoms with Crippen molar-refractivity contribution in [1.82, 2.24) is 15.5 Å². The Kier molecular flexibility index (Phi) is 10.2. The minimum Gasteiger partial charge on any atom is -0.379 e. The van der Waals surface area contributed by atoms with Crippen LogP contribution in [0.3, 0.4) is 0 Å². The number of nitrogens with zero attached hydrogens (tertiary/aromatic N) is 1. The summed E-state index contributed by atoms with van der Waals surface area (Å²) in [6.07, 6.45) is 6.28. The zero-order chi connectivity index (χ0) is 25.4. The van der Waals surface area contributed by atoms with Gasteiger partial charge in [-0.25, -0.2) is 0 Å². The van der Waals surface area contributed by atoms with E-state index in [-0.39, 0.29) is 17.9 Å². The Morgan fingerprint density at radius 2 is 1.77 bits per heavy atom. The van der Waals surface area contributed by atoms with E-state index in [9.17, 15) is 9.59 Å². The number of piperidine rings is 1. The average molecular weight is 486 g/mol. The van der Waals surface area contributed by atoms with Crippen molar-refractivity contribution in [3.05, 3.63) is 34.9 Å². The number of hydrogen-bond donors (Lipinski definition) is 2. The molecule has 0 bridgehead atoms. The van der Waals surface area contributed by atoms with Gasteiger partial charge in [0, 0.05) is 19.2 Å². The minimum atomic E-state index is -0.502. The van der Waals surface area contributed by atoms with E-state index in [4.69, 9.17) is 4.74 Å². The van der Waals surface area contributed by atoms with Gasteiger partial charge in [0.05, 0.1) is 12.0 Å². The van der Waals surface area contributed by atoms with Crippen LogP contribution in [0.4, 0.5) is 0 Å². The van der Waals surface area contributed by atoms with Crippen molar-refractivity contribution in [2.24, 2.45) is 11.3 Å². The summed E-state index contributed by atoms with van der Waals surface area (Å²) in [5.74, 6) is 0.292. The summed E-state index contributed by atoms with van der Waals surface area (Å²) in [6.45, 7) is 14.4. The number of benzene rings is 1. The van der Waals surface area contributed by atoms with E-state index in [0.717, 1.165) is 58.2 Å². The second kappa shape index (κ2) is 12.9. The molecular formula is C29H47N3O3. The van der Waals surface area contributed by atoms with Crippen molar-refractivity contribution >= 4 is 11.8 Å². The van der Waals surface area contributed by atoms with Gasteiger partial charge in [0.1, 0.15) is 6.04 Å². The lowest BCUT2D eigenvalue weighted by atomic mass is 9.73. The van der Waals surface area contributed by atoms with Gasteiger partial charge in [-0.05, 0) is 88.6 Å². The Morgan fingerprint density at radius 3 is 2.46 bits per heavy atom. The molecule has 2 atom stereocenters. The lowest BCUT2D eigenvalue weighted by Gasteiger charge is -2.42. The maximum Gasteiger partial charge on any atom is 0.242 e. The fourth-order valence-corrected chi connectivity index (χ4v) is 5.39. The third-order valence-electron chi connectivity index (χ3n) is 7.80. The molecule has 6 heteroatoms. The van der Waals surface area contributed by atoms with Crippen LogP contribution in [0, 0.1) is 25.2 Å². The number of carbonyl (C=O) groups excluding carboxylic acids is 2. The number of carbonyl (C=O) groups is 2. The van der Waals surface area contributed by atoms with Crippen LogP contribution >= 0.6 is 0 Å². The Balaban J connectivity index is 1.71. The van der Waals surface area contributed by atoms with Crippen LogP contribution in [-0.4, -0.2) is 55.1 Å². The fraction of sp³-hybridized carbons (Fsp3) is 0.724. The molecule has 0 unspecified atom stereocenters. The summed E-state index contributed by atoms with van der Waals surface area (Å²) in [6, 6.07) is 6.13. The van der Waals surface area contributed by atoms with E-state index in [1.54, 1.807) is 0 Å². The van der Waals surface area contributed by atoms with Gasteiger partial charge in [0.25, 0.3) is 0 Å². The second-order valence-electron chi connectivity index (χ2n) is 11.4. The van der Waals surface area contributed by atoms with Crippen molar-refractivity contribution < 1.29 is 14.3 Å². The number of aryl methyl sites for hydroxylation is 2. The summed E-state index contributed by atoms with van der Waals surface area (Å²) in [5, 5.41) is 6.26. The van der Waals surface area contributed by atoms with Crippen LogP contribution in [0.15, 0.2) is 18.2 Å². The summed E-state index contributed by atoms with van der Waals surface area (Å²) >= 11 is 0. The third kappa shape index (κ3) is 8.04. The Morgan fingerprint density at radius 1 is 1.03 bits per heavy atom. The lowest BCUT2D eigenvalue weighted by Crippen LogP contribution is -2.56. The molecule has 1 spiro atoms. The maximum atomic E-state index is 13.8. The molecule has 2 amide bonds. The zero-order valence-corrected chi connectivity index (χ0v) is 22.6. The summed E-state index contributed by atoms with van der Waals surface area (Å²) < 4.78 is 5.79. The summed E-state index contributed by atoms with van der Waals surface area (Å²) in [5.41, 5.74) is 3.59. The van der Waals surface area contributed by atoms with E-state index < -0.39 is 11.5 Å². The van der Waals surface area contributed by atoms with Gasteiger partial charge in [-0.1, -0.05) is 44.9 Å². The highest BCUT2D eigenvalue weighted by molar-refractivity contribution is 5.90. The van der Waals surface area contributed by atoms with Crippen molar-refractivity contribution in [2.75, 3.05) is 26.3 Å². The first kappa shape index (κ1) is 27.7. The zero-order valence-electron chi connectivity index (χ0n) is 22.6. The molecule has 2 aliphatic heterocycles. The van der Waals surface area contributed by atoms with Crippen LogP contribution in [0.25, 0.3) is 0 Å². The van der Waals surface area contributed by atoms with E-state index >= 15 is 0 Å². The molecule has 3 rings (SSSR count). The standard InChI is InChI=1S/C29H47N3O3/c1-21(2)17-26-27(33)30-24(5)20-35-16-8-6-7-11-29(28(34)31-26)12-14-32(15-13-29)19-25-10-9-22(3)23(4)18-25/h9-10,18,21,24,26H,6-8,11-17,19-20H2,1-5H3,(H,30,33)(H,31,34)/t24-,26+/m1/s1. The van der Waals surface area contributed by atoms with Crippen LogP contribution < -0.4 is 10.6 Å². The van der Waals surface area contributed by atoms with Gasteiger partial charge in [0.2, 0.25) is 11.8 Å². The first-order valence-electron chi connectivity index (χ1n) is 13.7. The van der Waals surface area contributed by atoms with Gasteiger partial charge in [-0.3, -0.25) is 14.5 Å². The quantitative estimate of drug-likeness (QED) is 0.658. The lowest BCUT2D eigenvalue weighted by molar-refractivity contribution is -0.139. The third-order valence-corrected chi connectivity index (χ3v) is 7.80. The molecule has 2 fully saturated rings. The molecule has 2 N–H and O–H groups in total. The highest BCUT2D eigenvalue weighted by Gasteiger charge is 2.42. The van der Waals surface area contributed by atoms with Crippen LogP contribution in [0.5, 0.6) is 0 Å². The molecule has 196 valence electrons. The molecule has 0 aliphatic carbocycles. The second-order valence-corrected chi connectivity index (χ2v) is 11.4. The van der Waals surface area contributed by atoms with Crippen LogP contribution in [-0.2, 0) is 20.9 Å². The summed E-state index contributed by atoms with van der Waals surface area (Å²) in [7, 11) is 0. The smallest absolute Gasteiger partial charge is 0.242 e. The number of nitrogens with one attached hydrogen (secondary N) is 2. The largest absolute Gasteiger partial charge is 0.379 e. The topological polar surface area (TPSA) is 70.7 Å². The van der Waals surface area contributed by atoms with Gasteiger partial charge in [-0.15, -0.1) is 0 Å². The Hall–Kier alpha value is -1.92. The van der Waals surface area contributed by atoms with E-state index in [2.05, 4.69) is 61.4 Å². The first-order chi connectivity index (χ1) is 16.7. The molecular weight excluding hydrogens is 438 g/mol. The normalized spacial score (nSPS) is 25.2. The predicted octanol–water partition coefficient (Wildman–Crippen LogP) is 4.51. The molecule has 6 nitrogen and oxygen atoms in total. The molecule has 0 saturated carbocycles. The number of hydrogen-bond acceptors (Lipinski definition) is 4. The highest BCUT2D eigenvalue weighted by atomic mass is 16.5. The Bertz CT molecular complexity index is 846. The van der Waals surface area contributed by atoms with Gasteiger partial charge in [-0.2, -0.15) is 0 Å². The van der Waals surface area contributed by atoms with E-state index in [1.165, 1.54) is 16.7 Å². The van der Waals surface area contributed by atoms with Gasteiger partial charge < -0.3 is 15.4 Å².